The van der Waals surface area contributed by atoms with Crippen LogP contribution in [-0.2, 0) is 4.74 Å². The molecule has 1 atom stereocenters. The minimum Gasteiger partial charge on any atom is -0.376 e. The molecular weight excluding hydrogens is 342 g/mol. The van der Waals surface area contributed by atoms with E-state index in [4.69, 9.17) is 20.9 Å². The summed E-state index contributed by atoms with van der Waals surface area (Å²) in [6.07, 6.45) is 2.44. The van der Waals surface area contributed by atoms with Crippen LogP contribution in [0.5, 0.6) is 0 Å². The lowest BCUT2D eigenvalue weighted by Crippen LogP contribution is -2.19. The predicted octanol–water partition coefficient (Wildman–Crippen LogP) is 3.44. The van der Waals surface area contributed by atoms with Crippen LogP contribution >= 0.6 is 11.6 Å². The van der Waals surface area contributed by atoms with E-state index in [1.165, 1.54) is 0 Å². The Morgan fingerprint density at radius 3 is 2.72 bits per heavy atom. The molecule has 1 aromatic carbocycles. The fourth-order valence-corrected chi connectivity index (χ4v) is 2.73. The molecule has 1 saturated heterocycles. The predicted molar refractivity (Wildman–Crippen MR) is 93.2 cm³/mol. The molecule has 0 aliphatic carbocycles. The van der Waals surface area contributed by atoms with Gasteiger partial charge in [0.2, 0.25) is 5.82 Å². The van der Waals surface area contributed by atoms with Gasteiger partial charge in [-0.25, -0.2) is 0 Å². The summed E-state index contributed by atoms with van der Waals surface area (Å²) < 4.78 is 10.8. The van der Waals surface area contributed by atoms with Gasteiger partial charge in [-0.15, -0.1) is 10.2 Å². The first-order chi connectivity index (χ1) is 12.3. The fraction of sp³-hybridized carbons (Fsp3) is 0.294. The maximum Gasteiger partial charge on any atom is 0.278 e. The van der Waals surface area contributed by atoms with E-state index in [1.807, 2.05) is 18.2 Å². The van der Waals surface area contributed by atoms with Gasteiger partial charge in [-0.1, -0.05) is 16.8 Å². The van der Waals surface area contributed by atoms with Crippen LogP contribution in [0.25, 0.3) is 23.0 Å². The van der Waals surface area contributed by atoms with Crippen molar-refractivity contribution in [1.82, 2.24) is 20.3 Å². The number of benzene rings is 1. The van der Waals surface area contributed by atoms with Crippen molar-refractivity contribution in [1.29, 1.82) is 0 Å². The third-order valence-corrected chi connectivity index (χ3v) is 4.20. The van der Waals surface area contributed by atoms with Gasteiger partial charge in [0.05, 0.1) is 6.10 Å². The lowest BCUT2D eigenvalue weighted by atomic mass is 10.2. The first-order valence-electron chi connectivity index (χ1n) is 8.07. The summed E-state index contributed by atoms with van der Waals surface area (Å²) in [4.78, 5) is 4.36. The zero-order valence-corrected chi connectivity index (χ0v) is 14.1. The van der Waals surface area contributed by atoms with Gasteiger partial charge in [0.1, 0.15) is 5.82 Å². The number of nitrogens with one attached hydrogen (secondary N) is 1. The van der Waals surface area contributed by atoms with E-state index >= 15 is 0 Å². The molecule has 0 radical (unpaired) electrons. The average molecular weight is 358 g/mol. The monoisotopic (exact) mass is 357 g/mol. The molecule has 3 heterocycles. The lowest BCUT2D eigenvalue weighted by Gasteiger charge is -2.10. The van der Waals surface area contributed by atoms with Crippen LogP contribution in [0.4, 0.5) is 5.82 Å². The first kappa shape index (κ1) is 16.0. The molecule has 0 spiro atoms. The van der Waals surface area contributed by atoms with Crippen molar-refractivity contribution in [3.63, 3.8) is 0 Å². The van der Waals surface area contributed by atoms with E-state index in [0.717, 1.165) is 31.6 Å². The van der Waals surface area contributed by atoms with Gasteiger partial charge in [-0.05, 0) is 49.2 Å². The third kappa shape index (κ3) is 3.78. The van der Waals surface area contributed by atoms with E-state index in [1.54, 1.807) is 18.2 Å². The molecule has 4 rings (SSSR count). The lowest BCUT2D eigenvalue weighted by molar-refractivity contribution is 0.120. The Hall–Kier alpha value is -2.51. The van der Waals surface area contributed by atoms with Gasteiger partial charge >= 0.3 is 0 Å². The van der Waals surface area contributed by atoms with Gasteiger partial charge in [0.25, 0.3) is 5.89 Å². The van der Waals surface area contributed by atoms with Crippen LogP contribution in [0.15, 0.2) is 40.9 Å². The van der Waals surface area contributed by atoms with Gasteiger partial charge in [0, 0.05) is 23.7 Å². The Bertz CT molecular complexity index is 829. The highest BCUT2D eigenvalue weighted by molar-refractivity contribution is 6.30. The summed E-state index contributed by atoms with van der Waals surface area (Å²) >= 11 is 5.89. The van der Waals surface area contributed by atoms with E-state index < -0.39 is 0 Å². The third-order valence-electron chi connectivity index (χ3n) is 3.95. The maximum absolute atomic E-state index is 5.89. The molecule has 25 heavy (non-hydrogen) atoms. The number of aromatic nitrogens is 4. The van der Waals surface area contributed by atoms with Gasteiger partial charge in [0.15, 0.2) is 5.69 Å². The molecule has 0 unspecified atom stereocenters. The van der Waals surface area contributed by atoms with Crippen LogP contribution in [0.3, 0.4) is 0 Å². The van der Waals surface area contributed by atoms with Crippen LogP contribution in [0.1, 0.15) is 12.8 Å². The van der Waals surface area contributed by atoms with Gasteiger partial charge in [-0.3, -0.25) is 0 Å². The fourth-order valence-electron chi connectivity index (χ4n) is 2.61. The molecule has 7 nitrogen and oxygen atoms in total. The van der Waals surface area contributed by atoms with E-state index in [2.05, 4.69) is 25.7 Å². The van der Waals surface area contributed by atoms with Crippen molar-refractivity contribution < 1.29 is 9.26 Å². The molecular formula is C17H16ClN5O2. The minimum absolute atomic E-state index is 0.249. The Morgan fingerprint density at radius 1 is 1.12 bits per heavy atom. The SMILES string of the molecule is Clc1ccc(-c2noc(-c3ccc(NC[C@@H]4CCCO4)nn3)n2)cc1. The molecule has 0 bridgehead atoms. The molecule has 1 aliphatic heterocycles. The highest BCUT2D eigenvalue weighted by Gasteiger charge is 2.16. The zero-order chi connectivity index (χ0) is 17.1. The molecule has 0 amide bonds. The molecule has 3 aromatic rings. The number of ether oxygens (including phenoxy) is 1. The summed E-state index contributed by atoms with van der Waals surface area (Å²) in [5.41, 5.74) is 1.34. The highest BCUT2D eigenvalue weighted by atomic mass is 35.5. The molecule has 128 valence electrons. The Kier molecular flexibility index (Phi) is 4.58. The maximum atomic E-state index is 5.89. The molecule has 1 fully saturated rings. The van der Waals surface area contributed by atoms with Crippen LogP contribution < -0.4 is 5.32 Å². The smallest absolute Gasteiger partial charge is 0.278 e. The largest absolute Gasteiger partial charge is 0.376 e. The van der Waals surface area contributed by atoms with Gasteiger partial charge < -0.3 is 14.6 Å². The first-order valence-corrected chi connectivity index (χ1v) is 8.45. The summed E-state index contributed by atoms with van der Waals surface area (Å²) in [6, 6.07) is 10.9. The van der Waals surface area contributed by atoms with Crippen molar-refractivity contribution in [2.24, 2.45) is 0 Å². The quantitative estimate of drug-likeness (QED) is 0.748. The van der Waals surface area contributed by atoms with Crippen LogP contribution in [0.2, 0.25) is 5.02 Å². The van der Waals surface area contributed by atoms with Crippen molar-refractivity contribution >= 4 is 17.4 Å². The van der Waals surface area contributed by atoms with E-state index in [-0.39, 0.29) is 6.10 Å². The van der Waals surface area contributed by atoms with E-state index in [0.29, 0.717) is 28.2 Å². The second kappa shape index (κ2) is 7.16. The normalized spacial score (nSPS) is 16.9. The summed E-state index contributed by atoms with van der Waals surface area (Å²) in [7, 11) is 0. The zero-order valence-electron chi connectivity index (χ0n) is 13.4. The van der Waals surface area contributed by atoms with Crippen molar-refractivity contribution in [3.8, 4) is 23.0 Å². The Morgan fingerprint density at radius 2 is 2.00 bits per heavy atom. The summed E-state index contributed by atoms with van der Waals surface area (Å²) in [5, 5.41) is 16.1. The standard InChI is InChI=1S/C17H16ClN5O2/c18-12-5-3-11(4-6-12)16-20-17(25-23-16)14-7-8-15(22-21-14)19-10-13-2-1-9-24-13/h3-8,13H,1-2,9-10H2,(H,19,22)/t13-/m0/s1. The number of rotatable bonds is 5. The molecule has 1 N–H and O–H groups in total. The van der Waals surface area contributed by atoms with Crippen molar-refractivity contribution in [2.75, 3.05) is 18.5 Å². The number of hydrogen-bond acceptors (Lipinski definition) is 7. The highest BCUT2D eigenvalue weighted by Crippen LogP contribution is 2.22. The molecule has 8 heteroatoms. The molecule has 0 saturated carbocycles. The summed E-state index contributed by atoms with van der Waals surface area (Å²) in [5.74, 6) is 1.49. The topological polar surface area (TPSA) is 86.0 Å². The number of nitrogens with zero attached hydrogens (tertiary/aromatic N) is 4. The average Bonchev–Trinajstić information content (AvgIpc) is 3.33. The molecule has 2 aromatic heterocycles. The Balaban J connectivity index is 1.44. The van der Waals surface area contributed by atoms with Crippen LogP contribution in [0, 0.1) is 0 Å². The van der Waals surface area contributed by atoms with Crippen LogP contribution in [-0.4, -0.2) is 39.6 Å². The van der Waals surface area contributed by atoms with Crippen molar-refractivity contribution in [2.45, 2.75) is 18.9 Å². The number of hydrogen-bond donors (Lipinski definition) is 1. The van der Waals surface area contributed by atoms with E-state index in [9.17, 15) is 0 Å². The van der Waals surface area contributed by atoms with Gasteiger partial charge in [-0.2, -0.15) is 4.98 Å². The molecule has 1 aliphatic rings. The number of halogens is 1. The second-order valence-electron chi connectivity index (χ2n) is 5.75. The minimum atomic E-state index is 0.249. The summed E-state index contributed by atoms with van der Waals surface area (Å²) in [6.45, 7) is 1.57. The Labute approximate surface area is 149 Å². The van der Waals surface area contributed by atoms with Crippen molar-refractivity contribution in [3.05, 3.63) is 41.4 Å². The second-order valence-corrected chi connectivity index (χ2v) is 6.19. The number of anilines is 1.